The van der Waals surface area contributed by atoms with Gasteiger partial charge >= 0.3 is 0 Å². The maximum Gasteiger partial charge on any atom is 0.237 e. The van der Waals surface area contributed by atoms with Gasteiger partial charge in [-0.25, -0.2) is 4.39 Å². The molecule has 19 heavy (non-hydrogen) atoms. The third-order valence-electron chi connectivity index (χ3n) is 3.74. The van der Waals surface area contributed by atoms with Crippen LogP contribution in [0, 0.1) is 5.82 Å². The summed E-state index contributed by atoms with van der Waals surface area (Å²) >= 11 is 0. The van der Waals surface area contributed by atoms with E-state index in [4.69, 9.17) is 9.26 Å². The van der Waals surface area contributed by atoms with Crippen LogP contribution in [0.3, 0.4) is 0 Å². The number of hydrogen-bond acceptors (Lipinski definition) is 4. The molecule has 1 saturated carbocycles. The van der Waals surface area contributed by atoms with Gasteiger partial charge in [-0.2, -0.15) is 4.98 Å². The Balaban J connectivity index is 1.98. The molecule has 4 nitrogen and oxygen atoms in total. The fraction of sp³-hybridized carbons (Fsp3) is 0.429. The number of nitrogens with zero attached hydrogens (tertiary/aromatic N) is 2. The Morgan fingerprint density at radius 2 is 2.26 bits per heavy atom. The summed E-state index contributed by atoms with van der Waals surface area (Å²) in [6.45, 7) is 0.322. The number of aromatic nitrogens is 2. The van der Waals surface area contributed by atoms with Crippen molar-refractivity contribution in [3.8, 4) is 0 Å². The molecule has 1 heterocycles. The first kappa shape index (κ1) is 12.3. The predicted molar refractivity (Wildman–Crippen MR) is 66.0 cm³/mol. The largest absolute Gasteiger partial charge is 0.377 e. The summed E-state index contributed by atoms with van der Waals surface area (Å²) in [5, 5.41) is 3.90. The molecule has 1 fully saturated rings. The van der Waals surface area contributed by atoms with Crippen LogP contribution in [0.4, 0.5) is 4.39 Å². The van der Waals surface area contributed by atoms with Crippen molar-refractivity contribution in [2.75, 3.05) is 7.11 Å². The zero-order valence-corrected chi connectivity index (χ0v) is 10.7. The summed E-state index contributed by atoms with van der Waals surface area (Å²) in [6, 6.07) is 6.64. The van der Waals surface area contributed by atoms with Crippen molar-refractivity contribution in [3.63, 3.8) is 0 Å². The fourth-order valence-corrected chi connectivity index (χ4v) is 2.58. The van der Waals surface area contributed by atoms with Gasteiger partial charge in [-0.15, -0.1) is 0 Å². The first-order valence-corrected chi connectivity index (χ1v) is 6.33. The molecule has 1 aromatic carbocycles. The van der Waals surface area contributed by atoms with Gasteiger partial charge in [0.15, 0.2) is 5.82 Å². The number of methoxy groups -OCH3 is 1. The standard InChI is InChI=1S/C14H15FN2O2/c1-18-9-12-16-13(19-17-12)14(6-3-7-14)10-4-2-5-11(15)8-10/h2,4-5,8H,3,6-7,9H2,1H3. The topological polar surface area (TPSA) is 48.2 Å². The van der Waals surface area contributed by atoms with Gasteiger partial charge in [0.1, 0.15) is 12.4 Å². The van der Waals surface area contributed by atoms with E-state index in [9.17, 15) is 4.39 Å². The molecule has 0 atom stereocenters. The van der Waals surface area contributed by atoms with E-state index >= 15 is 0 Å². The van der Waals surface area contributed by atoms with Gasteiger partial charge < -0.3 is 9.26 Å². The van der Waals surface area contributed by atoms with E-state index < -0.39 is 0 Å². The van der Waals surface area contributed by atoms with Crippen molar-refractivity contribution in [1.82, 2.24) is 10.1 Å². The van der Waals surface area contributed by atoms with E-state index in [0.717, 1.165) is 24.8 Å². The molecule has 0 aliphatic heterocycles. The average molecular weight is 262 g/mol. The lowest BCUT2D eigenvalue weighted by atomic mass is 9.64. The Hall–Kier alpha value is -1.75. The molecule has 0 N–H and O–H groups in total. The predicted octanol–water partition coefficient (Wildman–Crippen LogP) is 2.83. The van der Waals surface area contributed by atoms with Crippen molar-refractivity contribution in [2.45, 2.75) is 31.3 Å². The lowest BCUT2D eigenvalue weighted by Crippen LogP contribution is -2.36. The van der Waals surface area contributed by atoms with E-state index in [1.807, 2.05) is 6.07 Å². The lowest BCUT2D eigenvalue weighted by molar-refractivity contribution is 0.173. The molecule has 1 aromatic heterocycles. The quantitative estimate of drug-likeness (QED) is 0.850. The van der Waals surface area contributed by atoms with Gasteiger partial charge in [0.2, 0.25) is 5.89 Å². The van der Waals surface area contributed by atoms with Crippen LogP contribution in [0.2, 0.25) is 0 Å². The molecule has 0 unspecified atom stereocenters. The van der Waals surface area contributed by atoms with Crippen LogP contribution >= 0.6 is 0 Å². The zero-order valence-electron chi connectivity index (χ0n) is 10.7. The van der Waals surface area contributed by atoms with Crippen molar-refractivity contribution < 1.29 is 13.7 Å². The summed E-state index contributed by atoms with van der Waals surface area (Å²) < 4.78 is 23.8. The second kappa shape index (κ2) is 4.74. The van der Waals surface area contributed by atoms with Crippen LogP contribution in [0.1, 0.15) is 36.5 Å². The number of halogens is 1. The third-order valence-corrected chi connectivity index (χ3v) is 3.74. The normalized spacial score (nSPS) is 17.2. The summed E-state index contributed by atoms with van der Waals surface area (Å²) in [7, 11) is 1.59. The van der Waals surface area contributed by atoms with Crippen molar-refractivity contribution in [3.05, 3.63) is 47.4 Å². The van der Waals surface area contributed by atoms with Crippen LogP contribution in [-0.4, -0.2) is 17.3 Å². The highest BCUT2D eigenvalue weighted by molar-refractivity contribution is 5.35. The van der Waals surface area contributed by atoms with Crippen molar-refractivity contribution in [2.24, 2.45) is 0 Å². The van der Waals surface area contributed by atoms with E-state index in [0.29, 0.717) is 18.3 Å². The van der Waals surface area contributed by atoms with E-state index in [-0.39, 0.29) is 11.2 Å². The first-order chi connectivity index (χ1) is 9.24. The molecule has 0 bridgehead atoms. The SMILES string of the molecule is COCc1noc(C2(c3cccc(F)c3)CCC2)n1. The zero-order chi connectivity index (χ0) is 13.3. The molecule has 5 heteroatoms. The summed E-state index contributed by atoms with van der Waals surface area (Å²) in [5.74, 6) is 0.858. The van der Waals surface area contributed by atoms with Crippen LogP contribution in [0.25, 0.3) is 0 Å². The number of benzene rings is 1. The summed E-state index contributed by atoms with van der Waals surface area (Å²) in [6.07, 6.45) is 2.90. The first-order valence-electron chi connectivity index (χ1n) is 6.33. The minimum absolute atomic E-state index is 0.236. The number of rotatable bonds is 4. The van der Waals surface area contributed by atoms with Crippen molar-refractivity contribution in [1.29, 1.82) is 0 Å². The second-order valence-corrected chi connectivity index (χ2v) is 4.89. The Bertz CT molecular complexity index is 578. The number of hydrogen-bond donors (Lipinski definition) is 0. The lowest BCUT2D eigenvalue weighted by Gasteiger charge is -2.38. The number of ether oxygens (including phenoxy) is 1. The van der Waals surface area contributed by atoms with E-state index in [1.165, 1.54) is 6.07 Å². The van der Waals surface area contributed by atoms with Gasteiger partial charge in [0.05, 0.1) is 5.41 Å². The maximum atomic E-state index is 13.4. The minimum atomic E-state index is -0.318. The highest BCUT2D eigenvalue weighted by Gasteiger charge is 2.45. The fourth-order valence-electron chi connectivity index (χ4n) is 2.58. The third kappa shape index (κ3) is 2.04. The van der Waals surface area contributed by atoms with Crippen LogP contribution in [0.5, 0.6) is 0 Å². The molecular weight excluding hydrogens is 247 g/mol. The molecule has 0 radical (unpaired) electrons. The van der Waals surface area contributed by atoms with Crippen molar-refractivity contribution >= 4 is 0 Å². The molecular formula is C14H15FN2O2. The maximum absolute atomic E-state index is 13.4. The van der Waals surface area contributed by atoms with Gasteiger partial charge in [-0.05, 0) is 30.5 Å². The Labute approximate surface area is 110 Å². The van der Waals surface area contributed by atoms with Gasteiger partial charge in [-0.3, -0.25) is 0 Å². The van der Waals surface area contributed by atoms with Gasteiger partial charge in [-0.1, -0.05) is 23.7 Å². The smallest absolute Gasteiger partial charge is 0.237 e. The average Bonchev–Trinajstić information content (AvgIpc) is 2.77. The van der Waals surface area contributed by atoms with Gasteiger partial charge in [0, 0.05) is 7.11 Å². The molecule has 3 rings (SSSR count). The molecule has 1 aliphatic carbocycles. The monoisotopic (exact) mass is 262 g/mol. The summed E-state index contributed by atoms with van der Waals surface area (Å²) in [5.41, 5.74) is 0.590. The molecule has 0 saturated heterocycles. The second-order valence-electron chi connectivity index (χ2n) is 4.89. The van der Waals surface area contributed by atoms with Gasteiger partial charge in [0.25, 0.3) is 0 Å². The van der Waals surface area contributed by atoms with E-state index in [2.05, 4.69) is 10.1 Å². The van der Waals surface area contributed by atoms with E-state index in [1.54, 1.807) is 19.2 Å². The summed E-state index contributed by atoms with van der Waals surface area (Å²) in [4.78, 5) is 4.37. The Morgan fingerprint density at radius 1 is 1.42 bits per heavy atom. The highest BCUT2D eigenvalue weighted by Crippen LogP contribution is 2.48. The molecule has 0 amide bonds. The Morgan fingerprint density at radius 3 is 2.89 bits per heavy atom. The Kier molecular flexibility index (Phi) is 3.06. The van der Waals surface area contributed by atoms with Crippen LogP contribution in [-0.2, 0) is 16.8 Å². The molecule has 1 aliphatic rings. The molecule has 0 spiro atoms. The highest BCUT2D eigenvalue weighted by atomic mass is 19.1. The minimum Gasteiger partial charge on any atom is -0.377 e. The van der Waals surface area contributed by atoms with Crippen LogP contribution < -0.4 is 0 Å². The molecule has 2 aromatic rings. The molecule has 100 valence electrons. The van der Waals surface area contributed by atoms with Crippen LogP contribution in [0.15, 0.2) is 28.8 Å².